The highest BCUT2D eigenvalue weighted by molar-refractivity contribution is 6.09. The van der Waals surface area contributed by atoms with Crippen molar-refractivity contribution >= 4 is 29.3 Å². The summed E-state index contributed by atoms with van der Waals surface area (Å²) in [7, 11) is 0. The number of hydrogen-bond acceptors (Lipinski definition) is 3. The molecular formula is C14H17N3O4. The van der Waals surface area contributed by atoms with Crippen molar-refractivity contribution in [2.45, 2.75) is 13.3 Å². The molecule has 3 amide bonds. The molecule has 7 heteroatoms. The van der Waals surface area contributed by atoms with Gasteiger partial charge in [-0.3, -0.25) is 14.5 Å². The zero-order valence-electron chi connectivity index (χ0n) is 11.6. The molecule has 21 heavy (non-hydrogen) atoms. The second kappa shape index (κ2) is 6.25. The van der Waals surface area contributed by atoms with Gasteiger partial charge in [0.05, 0.1) is 17.3 Å². The topological polar surface area (TPSA) is 98.7 Å². The predicted octanol–water partition coefficient (Wildman–Crippen LogP) is 1.27. The van der Waals surface area contributed by atoms with Gasteiger partial charge in [-0.1, -0.05) is 19.1 Å². The molecule has 0 saturated carbocycles. The third-order valence-corrected chi connectivity index (χ3v) is 3.29. The number of para-hydroxylation sites is 2. The number of hydrogen-bond donors (Lipinski definition) is 3. The van der Waals surface area contributed by atoms with Crippen molar-refractivity contribution in [2.75, 3.05) is 23.3 Å². The first-order valence-corrected chi connectivity index (χ1v) is 6.66. The molecule has 0 radical (unpaired) electrons. The van der Waals surface area contributed by atoms with Crippen LogP contribution in [0.5, 0.6) is 0 Å². The number of benzene rings is 1. The van der Waals surface area contributed by atoms with Gasteiger partial charge in [0.2, 0.25) is 5.91 Å². The Morgan fingerprint density at radius 3 is 2.86 bits per heavy atom. The third kappa shape index (κ3) is 3.50. The molecule has 1 aliphatic rings. The highest BCUT2D eigenvalue weighted by atomic mass is 16.4. The molecule has 1 unspecified atom stereocenters. The number of carboxylic acids is 1. The molecule has 1 aromatic rings. The summed E-state index contributed by atoms with van der Waals surface area (Å²) in [4.78, 5) is 35.8. The maximum absolute atomic E-state index is 12.1. The second-order valence-corrected chi connectivity index (χ2v) is 4.91. The van der Waals surface area contributed by atoms with Gasteiger partial charge in [-0.2, -0.15) is 0 Å². The molecule has 7 nitrogen and oxygen atoms in total. The fraction of sp³-hybridized carbons (Fsp3) is 0.357. The SMILES string of the molecule is CC(CCNC(=O)N1CC(=O)Nc2ccccc21)C(=O)O. The van der Waals surface area contributed by atoms with Crippen LogP contribution in [0.4, 0.5) is 16.2 Å². The minimum atomic E-state index is -0.896. The van der Waals surface area contributed by atoms with Crippen LogP contribution in [-0.2, 0) is 9.59 Å². The Hall–Kier alpha value is -2.57. The Morgan fingerprint density at radius 2 is 2.14 bits per heavy atom. The van der Waals surface area contributed by atoms with Gasteiger partial charge in [-0.05, 0) is 18.6 Å². The lowest BCUT2D eigenvalue weighted by Crippen LogP contribution is -2.47. The van der Waals surface area contributed by atoms with Crippen molar-refractivity contribution < 1.29 is 19.5 Å². The average Bonchev–Trinajstić information content (AvgIpc) is 2.45. The summed E-state index contributed by atoms with van der Waals surface area (Å²) in [6.45, 7) is 1.77. The van der Waals surface area contributed by atoms with Crippen LogP contribution < -0.4 is 15.5 Å². The monoisotopic (exact) mass is 291 g/mol. The molecule has 1 aliphatic heterocycles. The van der Waals surface area contributed by atoms with Crippen molar-refractivity contribution in [3.8, 4) is 0 Å². The number of carbonyl (C=O) groups excluding carboxylic acids is 2. The summed E-state index contributed by atoms with van der Waals surface area (Å²) in [5, 5.41) is 14.1. The first-order chi connectivity index (χ1) is 9.99. The molecular weight excluding hydrogens is 274 g/mol. The Labute approximate surface area is 121 Å². The van der Waals surface area contributed by atoms with Crippen LogP contribution in [0.2, 0.25) is 0 Å². The van der Waals surface area contributed by atoms with Crippen LogP contribution in [-0.4, -0.2) is 36.1 Å². The molecule has 0 aliphatic carbocycles. The van der Waals surface area contributed by atoms with Crippen LogP contribution in [0.15, 0.2) is 24.3 Å². The normalized spacial score (nSPS) is 14.9. The van der Waals surface area contributed by atoms with E-state index in [9.17, 15) is 14.4 Å². The molecule has 0 fully saturated rings. The predicted molar refractivity (Wildman–Crippen MR) is 77.2 cm³/mol. The number of urea groups is 1. The van der Waals surface area contributed by atoms with Gasteiger partial charge in [-0.25, -0.2) is 4.79 Å². The van der Waals surface area contributed by atoms with Crippen LogP contribution >= 0.6 is 0 Å². The molecule has 2 rings (SSSR count). The second-order valence-electron chi connectivity index (χ2n) is 4.91. The lowest BCUT2D eigenvalue weighted by atomic mass is 10.1. The highest BCUT2D eigenvalue weighted by Crippen LogP contribution is 2.28. The maximum Gasteiger partial charge on any atom is 0.322 e. The molecule has 1 heterocycles. The standard InChI is InChI=1S/C14H17N3O4/c1-9(13(19)20)6-7-15-14(21)17-8-12(18)16-10-4-2-3-5-11(10)17/h2-5,9H,6-8H2,1H3,(H,15,21)(H,16,18)(H,19,20). The van der Waals surface area contributed by atoms with E-state index in [0.29, 0.717) is 17.8 Å². The number of nitrogens with one attached hydrogen (secondary N) is 2. The van der Waals surface area contributed by atoms with E-state index in [0.717, 1.165) is 0 Å². The first-order valence-electron chi connectivity index (χ1n) is 6.66. The lowest BCUT2D eigenvalue weighted by Gasteiger charge is -2.29. The van der Waals surface area contributed by atoms with Gasteiger partial charge in [0.25, 0.3) is 0 Å². The number of carboxylic acid groups (broad SMARTS) is 1. The molecule has 0 bridgehead atoms. The Morgan fingerprint density at radius 1 is 1.43 bits per heavy atom. The van der Waals surface area contributed by atoms with Gasteiger partial charge in [0, 0.05) is 6.54 Å². The average molecular weight is 291 g/mol. The summed E-state index contributed by atoms with van der Waals surface area (Å²) >= 11 is 0. The molecule has 0 saturated heterocycles. The molecule has 1 aromatic carbocycles. The zero-order valence-corrected chi connectivity index (χ0v) is 11.6. The van der Waals surface area contributed by atoms with Crippen molar-refractivity contribution in [3.05, 3.63) is 24.3 Å². The van der Waals surface area contributed by atoms with E-state index in [1.807, 2.05) is 0 Å². The number of amides is 3. The van der Waals surface area contributed by atoms with E-state index >= 15 is 0 Å². The molecule has 112 valence electrons. The van der Waals surface area contributed by atoms with Crippen LogP contribution in [0.1, 0.15) is 13.3 Å². The van der Waals surface area contributed by atoms with Gasteiger partial charge in [-0.15, -0.1) is 0 Å². The Bertz CT molecular complexity index is 573. The van der Waals surface area contributed by atoms with E-state index in [1.54, 1.807) is 31.2 Å². The summed E-state index contributed by atoms with van der Waals surface area (Å²) in [5.41, 5.74) is 1.21. The summed E-state index contributed by atoms with van der Waals surface area (Å²) in [6, 6.07) is 6.61. The van der Waals surface area contributed by atoms with Gasteiger partial charge >= 0.3 is 12.0 Å². The zero-order chi connectivity index (χ0) is 15.4. The fourth-order valence-electron chi connectivity index (χ4n) is 2.03. The van der Waals surface area contributed by atoms with Crippen molar-refractivity contribution in [2.24, 2.45) is 5.92 Å². The van der Waals surface area contributed by atoms with E-state index in [-0.39, 0.29) is 19.0 Å². The Balaban J connectivity index is 2.00. The number of carbonyl (C=O) groups is 3. The number of anilines is 2. The van der Waals surface area contributed by atoms with Gasteiger partial charge in [0.15, 0.2) is 0 Å². The smallest absolute Gasteiger partial charge is 0.322 e. The minimum absolute atomic E-state index is 0.0582. The van der Waals surface area contributed by atoms with Gasteiger partial charge in [0.1, 0.15) is 6.54 Å². The Kier molecular flexibility index (Phi) is 4.42. The molecule has 0 aromatic heterocycles. The molecule has 3 N–H and O–H groups in total. The van der Waals surface area contributed by atoms with Crippen LogP contribution in [0.25, 0.3) is 0 Å². The molecule has 1 atom stereocenters. The number of rotatable bonds is 4. The quantitative estimate of drug-likeness (QED) is 0.777. The van der Waals surface area contributed by atoms with Gasteiger partial charge < -0.3 is 15.7 Å². The van der Waals surface area contributed by atoms with Crippen LogP contribution in [0.3, 0.4) is 0 Å². The summed E-state index contributed by atoms with van der Waals surface area (Å²) in [6.07, 6.45) is 0.336. The molecule has 0 spiro atoms. The largest absolute Gasteiger partial charge is 0.481 e. The first kappa shape index (κ1) is 14.8. The number of fused-ring (bicyclic) bond motifs is 1. The number of nitrogens with zero attached hydrogens (tertiary/aromatic N) is 1. The maximum atomic E-state index is 12.1. The summed E-state index contributed by atoms with van der Waals surface area (Å²) < 4.78 is 0. The van der Waals surface area contributed by atoms with E-state index in [4.69, 9.17) is 5.11 Å². The fourth-order valence-corrected chi connectivity index (χ4v) is 2.03. The van der Waals surface area contributed by atoms with E-state index < -0.39 is 17.9 Å². The van der Waals surface area contributed by atoms with Crippen molar-refractivity contribution in [3.63, 3.8) is 0 Å². The van der Waals surface area contributed by atoms with E-state index in [1.165, 1.54) is 4.90 Å². The van der Waals surface area contributed by atoms with Crippen molar-refractivity contribution in [1.82, 2.24) is 5.32 Å². The number of aliphatic carboxylic acids is 1. The minimum Gasteiger partial charge on any atom is -0.481 e. The van der Waals surface area contributed by atoms with Crippen molar-refractivity contribution in [1.29, 1.82) is 0 Å². The van der Waals surface area contributed by atoms with E-state index in [2.05, 4.69) is 10.6 Å². The third-order valence-electron chi connectivity index (χ3n) is 3.29. The summed E-state index contributed by atoms with van der Waals surface area (Å²) in [5.74, 6) is -1.68. The lowest BCUT2D eigenvalue weighted by molar-refractivity contribution is -0.141. The highest BCUT2D eigenvalue weighted by Gasteiger charge is 2.26. The van der Waals surface area contributed by atoms with Crippen LogP contribution in [0, 0.1) is 5.92 Å².